The molecule has 0 heterocycles. The van der Waals surface area contributed by atoms with E-state index in [0.717, 1.165) is 12.8 Å². The number of carbonyl (C=O) groups is 4. The molecule has 0 aromatic carbocycles. The normalized spacial score (nSPS) is 11.5. The highest BCUT2D eigenvalue weighted by atomic mass is 16.5. The van der Waals surface area contributed by atoms with Gasteiger partial charge in [0.2, 0.25) is 11.8 Å². The third kappa shape index (κ3) is 26.8. The monoisotopic (exact) mass is 560 g/mol. The first-order chi connectivity index (χ1) is 18.9. The van der Waals surface area contributed by atoms with Gasteiger partial charge in [0, 0.05) is 26.1 Å². The average Bonchev–Trinajstić information content (AvgIpc) is 2.89. The van der Waals surface area contributed by atoms with E-state index in [1.807, 2.05) is 0 Å². The zero-order valence-electron chi connectivity index (χ0n) is 23.8. The minimum atomic E-state index is -1.33. The molecule has 0 saturated carbocycles. The van der Waals surface area contributed by atoms with Crippen molar-refractivity contribution in [3.63, 3.8) is 0 Å². The third-order valence-electron chi connectivity index (χ3n) is 6.05. The lowest BCUT2D eigenvalue weighted by Crippen LogP contribution is -2.47. The summed E-state index contributed by atoms with van der Waals surface area (Å²) in [5.41, 5.74) is 0. The van der Waals surface area contributed by atoms with Gasteiger partial charge in [-0.15, -0.1) is 0 Å². The fourth-order valence-corrected chi connectivity index (χ4v) is 3.91. The Morgan fingerprint density at radius 1 is 0.615 bits per heavy atom. The molecule has 0 fully saturated rings. The predicted molar refractivity (Wildman–Crippen MR) is 149 cm³/mol. The van der Waals surface area contributed by atoms with Gasteiger partial charge in [0.1, 0.15) is 6.04 Å². The second-order valence-corrected chi connectivity index (χ2v) is 9.53. The van der Waals surface area contributed by atoms with E-state index in [1.54, 1.807) is 0 Å². The van der Waals surface area contributed by atoms with E-state index in [1.165, 1.54) is 57.8 Å². The van der Waals surface area contributed by atoms with Crippen LogP contribution in [-0.4, -0.2) is 86.3 Å². The molecule has 4 amide bonds. The highest BCUT2D eigenvalue weighted by Crippen LogP contribution is 2.11. The zero-order chi connectivity index (χ0) is 29.0. The molecule has 12 heteroatoms. The number of nitrogens with one attached hydrogen (secondary N) is 4. The van der Waals surface area contributed by atoms with E-state index in [0.29, 0.717) is 39.2 Å². The van der Waals surface area contributed by atoms with Crippen molar-refractivity contribution in [3.8, 4) is 0 Å². The van der Waals surface area contributed by atoms with Crippen LogP contribution >= 0.6 is 0 Å². The highest BCUT2D eigenvalue weighted by Gasteiger charge is 2.19. The van der Waals surface area contributed by atoms with Crippen molar-refractivity contribution in [1.29, 1.82) is 0 Å². The summed E-state index contributed by atoms with van der Waals surface area (Å²) in [6, 6.07) is -0.980. The summed E-state index contributed by atoms with van der Waals surface area (Å²) in [5, 5.41) is 27.2. The molecule has 6 N–H and O–H groups in total. The molecular formula is C27H52N4O8. The first-order valence-corrected chi connectivity index (χ1v) is 14.5. The Balaban J connectivity index is 3.56. The van der Waals surface area contributed by atoms with Crippen LogP contribution in [-0.2, 0) is 19.1 Å². The Bertz CT molecular complexity index is 651. The molecule has 228 valence electrons. The Hall–Kier alpha value is -2.60. The van der Waals surface area contributed by atoms with Crippen LogP contribution in [0.1, 0.15) is 96.8 Å². The summed E-state index contributed by atoms with van der Waals surface area (Å²) >= 11 is 0. The van der Waals surface area contributed by atoms with Crippen molar-refractivity contribution in [2.24, 2.45) is 0 Å². The number of ether oxygens (including phenoxy) is 2. The first-order valence-electron chi connectivity index (χ1n) is 14.5. The molecule has 0 aliphatic rings. The smallest absolute Gasteiger partial charge is 0.405 e. The van der Waals surface area contributed by atoms with Gasteiger partial charge in [-0.3, -0.25) is 9.59 Å². The summed E-state index contributed by atoms with van der Waals surface area (Å²) in [6.07, 6.45) is 12.3. The standard InChI is InChI=1S/C27H52N4O8/c1-2-3-4-5-6-7-8-9-10-11-12-15-24(32)28-17-19-38-21-22-39-20-18-29-25(33)23(31-27(36)37)14-13-16-30-26(34)35/h23,30-31H,2-22H2,1H3,(H,28,32)(H,29,33)(H,34,35)(H,36,37). The number of carbonyl (C=O) groups excluding carboxylic acids is 2. The Morgan fingerprint density at radius 3 is 1.69 bits per heavy atom. The number of hydrogen-bond donors (Lipinski definition) is 6. The summed E-state index contributed by atoms with van der Waals surface area (Å²) in [6.45, 7) is 4.29. The fourth-order valence-electron chi connectivity index (χ4n) is 3.91. The summed E-state index contributed by atoms with van der Waals surface area (Å²) in [7, 11) is 0. The summed E-state index contributed by atoms with van der Waals surface area (Å²) in [5.74, 6) is -0.452. The van der Waals surface area contributed by atoms with E-state index in [9.17, 15) is 19.2 Å². The van der Waals surface area contributed by atoms with Crippen LogP contribution in [0.25, 0.3) is 0 Å². The van der Waals surface area contributed by atoms with Crippen LogP contribution in [0.3, 0.4) is 0 Å². The maximum atomic E-state index is 12.2. The fraction of sp³-hybridized carbons (Fsp3) is 0.852. The van der Waals surface area contributed by atoms with Crippen LogP contribution in [0.4, 0.5) is 9.59 Å². The minimum absolute atomic E-state index is 0.0513. The van der Waals surface area contributed by atoms with Crippen LogP contribution in [0.15, 0.2) is 0 Å². The van der Waals surface area contributed by atoms with Gasteiger partial charge in [0.15, 0.2) is 0 Å². The van der Waals surface area contributed by atoms with Crippen LogP contribution in [0, 0.1) is 0 Å². The Labute approximate surface area is 233 Å². The van der Waals surface area contributed by atoms with Gasteiger partial charge >= 0.3 is 12.2 Å². The van der Waals surface area contributed by atoms with Gasteiger partial charge in [-0.05, 0) is 19.3 Å². The molecule has 0 radical (unpaired) electrons. The Kier molecular flexibility index (Phi) is 25.2. The molecule has 0 aliphatic carbocycles. The second kappa shape index (κ2) is 27.0. The largest absolute Gasteiger partial charge is 0.465 e. The number of carboxylic acid groups (broad SMARTS) is 2. The van der Waals surface area contributed by atoms with Gasteiger partial charge in [-0.25, -0.2) is 9.59 Å². The summed E-state index contributed by atoms with van der Waals surface area (Å²) < 4.78 is 10.8. The molecule has 0 aromatic rings. The van der Waals surface area contributed by atoms with Crippen molar-refractivity contribution in [1.82, 2.24) is 21.3 Å². The summed E-state index contributed by atoms with van der Waals surface area (Å²) in [4.78, 5) is 45.4. The first kappa shape index (κ1) is 36.4. The molecule has 0 rings (SSSR count). The molecule has 0 spiro atoms. The lowest BCUT2D eigenvalue weighted by Gasteiger charge is -2.16. The highest BCUT2D eigenvalue weighted by molar-refractivity contribution is 5.85. The molecule has 0 bridgehead atoms. The van der Waals surface area contributed by atoms with Crippen LogP contribution in [0.5, 0.6) is 0 Å². The van der Waals surface area contributed by atoms with E-state index in [2.05, 4.69) is 28.2 Å². The molecule has 1 unspecified atom stereocenters. The molecular weight excluding hydrogens is 508 g/mol. The SMILES string of the molecule is CCCCCCCCCCCCCC(=O)NCCOCCOCCNC(=O)C(CCCNC(=O)O)NC(=O)O. The maximum absolute atomic E-state index is 12.2. The van der Waals surface area contributed by atoms with Crippen molar-refractivity contribution >= 4 is 24.0 Å². The quantitative estimate of drug-likeness (QED) is 0.0825. The Morgan fingerprint density at radius 2 is 1.15 bits per heavy atom. The van der Waals surface area contributed by atoms with Gasteiger partial charge in [-0.1, -0.05) is 71.1 Å². The molecule has 39 heavy (non-hydrogen) atoms. The molecule has 0 aromatic heterocycles. The second-order valence-electron chi connectivity index (χ2n) is 9.53. The molecule has 0 aliphatic heterocycles. The van der Waals surface area contributed by atoms with Crippen molar-refractivity contribution < 1.29 is 38.9 Å². The van der Waals surface area contributed by atoms with Gasteiger partial charge in [0.25, 0.3) is 0 Å². The van der Waals surface area contributed by atoms with Crippen molar-refractivity contribution in [3.05, 3.63) is 0 Å². The predicted octanol–water partition coefficient (Wildman–Crippen LogP) is 3.64. The topological polar surface area (TPSA) is 175 Å². The van der Waals surface area contributed by atoms with Crippen molar-refractivity contribution in [2.45, 2.75) is 103 Å². The van der Waals surface area contributed by atoms with E-state index in [-0.39, 0.29) is 32.0 Å². The minimum Gasteiger partial charge on any atom is -0.465 e. The van der Waals surface area contributed by atoms with Gasteiger partial charge in [0.05, 0.1) is 26.4 Å². The van der Waals surface area contributed by atoms with Crippen LogP contribution < -0.4 is 21.3 Å². The molecule has 0 saturated heterocycles. The van der Waals surface area contributed by atoms with E-state index < -0.39 is 24.1 Å². The molecule has 1 atom stereocenters. The van der Waals surface area contributed by atoms with Crippen molar-refractivity contribution in [2.75, 3.05) is 46.1 Å². The zero-order valence-corrected chi connectivity index (χ0v) is 23.8. The third-order valence-corrected chi connectivity index (χ3v) is 6.05. The van der Waals surface area contributed by atoms with Crippen LogP contribution in [0.2, 0.25) is 0 Å². The average molecular weight is 561 g/mol. The van der Waals surface area contributed by atoms with E-state index in [4.69, 9.17) is 19.7 Å². The lowest BCUT2D eigenvalue weighted by molar-refractivity contribution is -0.123. The number of unbranched alkanes of at least 4 members (excludes halogenated alkanes) is 10. The lowest BCUT2D eigenvalue weighted by atomic mass is 10.1. The molecule has 12 nitrogen and oxygen atoms in total. The maximum Gasteiger partial charge on any atom is 0.405 e. The van der Waals surface area contributed by atoms with Gasteiger partial charge < -0.3 is 41.0 Å². The number of amides is 4. The number of rotatable bonds is 27. The number of hydrogen-bond acceptors (Lipinski definition) is 6. The van der Waals surface area contributed by atoms with E-state index >= 15 is 0 Å². The van der Waals surface area contributed by atoms with Gasteiger partial charge in [-0.2, -0.15) is 0 Å².